The molecule has 3 saturated heterocycles. The van der Waals surface area contributed by atoms with Crippen LogP contribution in [-0.4, -0.2) is 123 Å². The van der Waals surface area contributed by atoms with Crippen LogP contribution in [0.15, 0.2) is 61.2 Å². The maximum atomic E-state index is 12.6. The summed E-state index contributed by atoms with van der Waals surface area (Å²) in [6.45, 7) is 9.25. The molecule has 7 atom stereocenters. The smallest absolute Gasteiger partial charge is 0.348 e. The number of carbonyl (C=O) groups is 2. The Morgan fingerprint density at radius 2 is 1.80 bits per heavy atom. The van der Waals surface area contributed by atoms with Gasteiger partial charge in [-0.15, -0.1) is 0 Å². The molecule has 1 unspecified atom stereocenters. The van der Waals surface area contributed by atoms with Crippen LogP contribution in [0, 0.1) is 11.8 Å². The number of aliphatic hydroxyl groups is 4. The van der Waals surface area contributed by atoms with Crippen LogP contribution in [0.25, 0.3) is 6.08 Å². The highest BCUT2D eigenvalue weighted by Gasteiger charge is 2.57. The van der Waals surface area contributed by atoms with Crippen LogP contribution in [0.3, 0.4) is 0 Å². The molecule has 14 nitrogen and oxygen atoms in total. The fourth-order valence-electron chi connectivity index (χ4n) is 8.29. The minimum Gasteiger partial charge on any atom is -0.479 e. The summed E-state index contributed by atoms with van der Waals surface area (Å²) in [5.74, 6) is -2.30. The van der Waals surface area contributed by atoms with Crippen LogP contribution in [0.1, 0.15) is 42.5 Å². The zero-order valence-corrected chi connectivity index (χ0v) is 30.8. The molecule has 1 aliphatic carbocycles. The van der Waals surface area contributed by atoms with Gasteiger partial charge in [0.2, 0.25) is 0 Å². The lowest BCUT2D eigenvalue weighted by Crippen LogP contribution is -2.56. The number of hydrogen-bond acceptors (Lipinski definition) is 12. The quantitative estimate of drug-likeness (QED) is 0.0790. The Kier molecular flexibility index (Phi) is 12.1. The summed E-state index contributed by atoms with van der Waals surface area (Å²) >= 11 is 6.53. The van der Waals surface area contributed by atoms with Gasteiger partial charge < -0.3 is 49.9 Å². The summed E-state index contributed by atoms with van der Waals surface area (Å²) in [4.78, 5) is 33.8. The molecule has 7 N–H and O–H groups in total. The molecule has 15 heteroatoms. The van der Waals surface area contributed by atoms with E-state index in [1.165, 1.54) is 25.3 Å². The standard InChI is InChI=1S/C39H49ClN4O10/c1-3-23(15-29-28(4-2)30(17-33(40)42-29)43-19-25-7-5-8-26(25)20-43)16-31-34(46)38(52,22-45)32(54-31)21-53-39(35(47)48,36(49)50)18-24-9-11-27(12-10-24)44-14-6-13-41-37(44)51/h3-4,9-12,16-17,25-26,31-32,34,37,41,45-46,51-52H,1-2,5-8,13-15,18-22H2,(H,47,48)(H,49,50)/b23-16+/t25-,26+,31-,32+,34-,37?,38+/m0/s1. The van der Waals surface area contributed by atoms with Crippen LogP contribution < -0.4 is 15.1 Å². The summed E-state index contributed by atoms with van der Waals surface area (Å²) in [7, 11) is 0. The second-order valence-corrected chi connectivity index (χ2v) is 15.0. The number of fused-ring (bicyclic) bond motifs is 1. The molecule has 6 rings (SSSR count). The zero-order chi connectivity index (χ0) is 38.8. The van der Waals surface area contributed by atoms with Crippen LogP contribution >= 0.6 is 11.6 Å². The number of benzene rings is 1. The Balaban J connectivity index is 1.19. The third kappa shape index (κ3) is 7.80. The topological polar surface area (TPSA) is 205 Å². The monoisotopic (exact) mass is 768 g/mol. The van der Waals surface area contributed by atoms with Crippen molar-refractivity contribution in [1.82, 2.24) is 10.3 Å². The van der Waals surface area contributed by atoms with E-state index in [1.54, 1.807) is 41.3 Å². The van der Waals surface area contributed by atoms with Gasteiger partial charge in [0.1, 0.15) is 29.1 Å². The van der Waals surface area contributed by atoms with E-state index in [2.05, 4.69) is 28.4 Å². The summed E-state index contributed by atoms with van der Waals surface area (Å²) in [6, 6.07) is 8.22. The van der Waals surface area contributed by atoms with Crippen molar-refractivity contribution in [2.45, 2.75) is 74.4 Å². The molecule has 0 spiro atoms. The average molecular weight is 769 g/mol. The van der Waals surface area contributed by atoms with E-state index in [-0.39, 0.29) is 6.42 Å². The van der Waals surface area contributed by atoms with Gasteiger partial charge in [-0.25, -0.2) is 14.6 Å². The predicted octanol–water partition coefficient (Wildman–Crippen LogP) is 2.36. The number of nitrogens with zero attached hydrogens (tertiary/aromatic N) is 3. The molecule has 292 valence electrons. The first-order chi connectivity index (χ1) is 25.8. The molecule has 2 aromatic rings. The maximum Gasteiger partial charge on any atom is 0.348 e. The number of allylic oxidation sites excluding steroid dienone is 2. The molecule has 1 saturated carbocycles. The molecule has 0 amide bonds. The molecular formula is C39H49ClN4O10. The number of ether oxygens (including phenoxy) is 2. The average Bonchev–Trinajstić information content (AvgIpc) is 3.83. The Morgan fingerprint density at radius 3 is 2.39 bits per heavy atom. The minimum absolute atomic E-state index is 0.206. The second kappa shape index (κ2) is 16.5. The number of pyridine rings is 1. The van der Waals surface area contributed by atoms with Crippen molar-refractivity contribution >= 4 is 41.0 Å². The first-order valence-corrected chi connectivity index (χ1v) is 18.7. The van der Waals surface area contributed by atoms with Gasteiger partial charge in [-0.05, 0) is 66.5 Å². The number of aliphatic hydroxyl groups excluding tert-OH is 3. The van der Waals surface area contributed by atoms with Crippen LogP contribution in [0.4, 0.5) is 11.4 Å². The van der Waals surface area contributed by atoms with Gasteiger partial charge in [0.05, 0.1) is 18.9 Å². The highest BCUT2D eigenvalue weighted by Crippen LogP contribution is 2.42. The third-order valence-electron chi connectivity index (χ3n) is 11.4. The van der Waals surface area contributed by atoms with Gasteiger partial charge in [-0.2, -0.15) is 0 Å². The fourth-order valence-corrected chi connectivity index (χ4v) is 8.50. The molecule has 0 bridgehead atoms. The van der Waals surface area contributed by atoms with Crippen LogP contribution in [0.5, 0.6) is 0 Å². The van der Waals surface area contributed by atoms with Crippen molar-refractivity contribution in [2.24, 2.45) is 11.8 Å². The SMILES string of the molecule is C=C/C(=C\[C@@H]1O[C@H](COC(Cc2ccc(N3CCCNC3O)cc2)(C(=O)O)C(=O)O)[C@](O)(CO)[C@H]1O)Cc1nc(Cl)cc(N2C[C@H]3CCC[C@H]3C2)c1C=C. The fraction of sp³-hybridized carbons (Fsp3) is 0.513. The highest BCUT2D eigenvalue weighted by atomic mass is 35.5. The Labute approximate surface area is 319 Å². The van der Waals surface area contributed by atoms with Crippen molar-refractivity contribution in [2.75, 3.05) is 49.2 Å². The van der Waals surface area contributed by atoms with Crippen molar-refractivity contribution in [1.29, 1.82) is 0 Å². The lowest BCUT2D eigenvalue weighted by Gasteiger charge is -2.35. The van der Waals surface area contributed by atoms with E-state index in [0.29, 0.717) is 52.6 Å². The molecule has 4 heterocycles. The van der Waals surface area contributed by atoms with E-state index in [4.69, 9.17) is 21.1 Å². The number of carboxylic acids is 2. The second-order valence-electron chi connectivity index (χ2n) is 14.7. The third-order valence-corrected chi connectivity index (χ3v) is 11.6. The van der Waals surface area contributed by atoms with E-state index in [0.717, 1.165) is 30.8 Å². The predicted molar refractivity (Wildman–Crippen MR) is 201 cm³/mol. The van der Waals surface area contributed by atoms with Crippen LogP contribution in [-0.2, 0) is 31.9 Å². The molecule has 54 heavy (non-hydrogen) atoms. The first-order valence-electron chi connectivity index (χ1n) is 18.3. The summed E-state index contributed by atoms with van der Waals surface area (Å²) in [5, 5.41) is 66.8. The maximum absolute atomic E-state index is 12.6. The van der Waals surface area contributed by atoms with Crippen molar-refractivity contribution < 1.29 is 49.7 Å². The number of hydrogen-bond donors (Lipinski definition) is 7. The highest BCUT2D eigenvalue weighted by molar-refractivity contribution is 6.29. The van der Waals surface area contributed by atoms with E-state index in [9.17, 15) is 40.2 Å². The van der Waals surface area contributed by atoms with E-state index in [1.807, 2.05) is 6.07 Å². The largest absolute Gasteiger partial charge is 0.479 e. The van der Waals surface area contributed by atoms with E-state index >= 15 is 0 Å². The lowest BCUT2D eigenvalue weighted by molar-refractivity contribution is -0.194. The molecule has 4 aliphatic rings. The first kappa shape index (κ1) is 39.8. The van der Waals surface area contributed by atoms with Gasteiger partial charge >= 0.3 is 11.9 Å². The number of nitrogens with one attached hydrogen (secondary N) is 1. The summed E-state index contributed by atoms with van der Waals surface area (Å²) in [5.41, 5.74) is -1.28. The number of halogens is 1. The van der Waals surface area contributed by atoms with Crippen molar-refractivity contribution in [3.05, 3.63) is 83.2 Å². The Bertz CT molecular complexity index is 1730. The van der Waals surface area contributed by atoms with E-state index < -0.39 is 67.4 Å². The zero-order valence-electron chi connectivity index (χ0n) is 30.0. The molecule has 0 radical (unpaired) electrons. The van der Waals surface area contributed by atoms with Gasteiger partial charge in [0.15, 0.2) is 6.35 Å². The van der Waals surface area contributed by atoms with Gasteiger partial charge in [0.25, 0.3) is 5.60 Å². The molecule has 1 aromatic carbocycles. The normalized spacial score (nSPS) is 28.6. The molecular weight excluding hydrogens is 720 g/mol. The molecule has 4 fully saturated rings. The summed E-state index contributed by atoms with van der Waals surface area (Å²) < 4.78 is 11.6. The number of carboxylic acid groups (broad SMARTS) is 2. The number of aromatic nitrogens is 1. The molecule has 1 aromatic heterocycles. The Morgan fingerprint density at radius 1 is 1.11 bits per heavy atom. The Hall–Kier alpha value is -3.86. The molecule has 3 aliphatic heterocycles. The minimum atomic E-state index is -2.82. The van der Waals surface area contributed by atoms with Crippen molar-refractivity contribution in [3.63, 3.8) is 0 Å². The number of anilines is 2. The van der Waals surface area contributed by atoms with Crippen LogP contribution in [0.2, 0.25) is 5.15 Å². The lowest BCUT2D eigenvalue weighted by atomic mass is 9.90. The number of rotatable bonds is 15. The summed E-state index contributed by atoms with van der Waals surface area (Å²) in [6.07, 6.45) is 3.49. The van der Waals surface area contributed by atoms with Crippen molar-refractivity contribution in [3.8, 4) is 0 Å². The van der Waals surface area contributed by atoms with Gasteiger partial charge in [0, 0.05) is 56.0 Å². The van der Waals surface area contributed by atoms with Gasteiger partial charge in [-0.1, -0.05) is 55.5 Å². The number of aliphatic carboxylic acids is 2. The van der Waals surface area contributed by atoms with Gasteiger partial charge in [-0.3, -0.25) is 5.32 Å².